The lowest BCUT2D eigenvalue weighted by molar-refractivity contribution is -0.428. The lowest BCUT2D eigenvalue weighted by Crippen LogP contribution is -2.16. The van der Waals surface area contributed by atoms with Crippen molar-refractivity contribution in [1.29, 1.82) is 0 Å². The van der Waals surface area contributed by atoms with Crippen LogP contribution in [0.3, 0.4) is 0 Å². The van der Waals surface area contributed by atoms with Crippen LogP contribution < -0.4 is 0 Å². The fourth-order valence-electron chi connectivity index (χ4n) is 2.30. The lowest BCUT2D eigenvalue weighted by Gasteiger charge is -2.15. The second-order valence-electron chi connectivity index (χ2n) is 5.46. The highest BCUT2D eigenvalue weighted by atomic mass is 32.2. The van der Waals surface area contributed by atoms with E-state index < -0.39 is 21.1 Å². The van der Waals surface area contributed by atoms with E-state index in [9.17, 15) is 18.5 Å². The second-order valence-corrected chi connectivity index (χ2v) is 7.08. The highest BCUT2D eigenvalue weighted by Crippen LogP contribution is 2.27. The average molecular weight is 378 g/mol. The Bertz CT molecular complexity index is 964. The number of aromatic nitrogens is 3. The minimum Gasteiger partial charge on any atom is -0.364 e. The van der Waals surface area contributed by atoms with E-state index in [0.29, 0.717) is 11.3 Å². The highest BCUT2D eigenvalue weighted by molar-refractivity contribution is 7.90. The van der Waals surface area contributed by atoms with Crippen molar-refractivity contribution in [3.05, 3.63) is 63.4 Å². The van der Waals surface area contributed by atoms with Gasteiger partial charge < -0.3 is 4.52 Å². The Hall–Kier alpha value is -2.92. The molecule has 0 aromatic carbocycles. The third kappa shape index (κ3) is 3.83. The largest absolute Gasteiger partial charge is 0.364 e. The summed E-state index contributed by atoms with van der Waals surface area (Å²) < 4.78 is 34.5. The van der Waals surface area contributed by atoms with Gasteiger partial charge in [-0.1, -0.05) is 5.16 Å². The van der Waals surface area contributed by atoms with Crippen LogP contribution in [0.25, 0.3) is 11.3 Å². The molecule has 26 heavy (non-hydrogen) atoms. The fraction of sp³-hybridized carbons (Fsp3) is 0.267. The first-order chi connectivity index (χ1) is 12.4. The molecular formula is C15H14N4O6S. The molecular weight excluding hydrogens is 364 g/mol. The molecule has 11 heteroatoms. The molecule has 0 unspecified atom stereocenters. The summed E-state index contributed by atoms with van der Waals surface area (Å²) >= 11 is 0. The van der Waals surface area contributed by atoms with E-state index in [-0.39, 0.29) is 29.3 Å². The van der Waals surface area contributed by atoms with E-state index in [4.69, 9.17) is 8.71 Å². The third-order valence-corrected chi connectivity index (χ3v) is 5.21. The van der Waals surface area contributed by atoms with E-state index in [1.165, 1.54) is 37.7 Å². The molecule has 2 aromatic rings. The van der Waals surface area contributed by atoms with Gasteiger partial charge in [-0.15, -0.1) is 0 Å². The summed E-state index contributed by atoms with van der Waals surface area (Å²) in [6.07, 6.45) is 5.86. The summed E-state index contributed by atoms with van der Waals surface area (Å²) in [4.78, 5) is 18.3. The van der Waals surface area contributed by atoms with Gasteiger partial charge in [-0.3, -0.25) is 14.3 Å². The summed E-state index contributed by atoms with van der Waals surface area (Å²) in [5.41, 5.74) is 1.13. The number of hydrogen-bond donors (Lipinski definition) is 0. The zero-order valence-electron chi connectivity index (χ0n) is 13.6. The van der Waals surface area contributed by atoms with Gasteiger partial charge in [0.05, 0.1) is 9.83 Å². The van der Waals surface area contributed by atoms with Gasteiger partial charge in [0.15, 0.2) is 5.82 Å². The Morgan fingerprint density at radius 1 is 1.27 bits per heavy atom. The first-order valence-corrected chi connectivity index (χ1v) is 8.98. The molecule has 1 aliphatic carbocycles. The van der Waals surface area contributed by atoms with Gasteiger partial charge in [-0.2, -0.15) is 8.42 Å². The molecule has 0 fully saturated rings. The molecule has 10 nitrogen and oxygen atoms in total. The molecule has 1 atom stereocenters. The van der Waals surface area contributed by atoms with Gasteiger partial charge >= 0.3 is 0 Å². The maximum Gasteiger partial charge on any atom is 0.293 e. The van der Waals surface area contributed by atoms with Crippen LogP contribution in [0.5, 0.6) is 0 Å². The molecule has 136 valence electrons. The van der Waals surface area contributed by atoms with Crippen LogP contribution >= 0.6 is 0 Å². The van der Waals surface area contributed by atoms with Gasteiger partial charge in [0, 0.05) is 36.5 Å². The summed E-state index contributed by atoms with van der Waals surface area (Å²) in [5, 5.41) is 14.4. The van der Waals surface area contributed by atoms with Gasteiger partial charge in [-0.05, 0) is 19.4 Å². The van der Waals surface area contributed by atoms with E-state index in [0.717, 1.165) is 0 Å². The molecule has 0 saturated heterocycles. The highest BCUT2D eigenvalue weighted by Gasteiger charge is 2.27. The fourth-order valence-corrected chi connectivity index (χ4v) is 3.48. The van der Waals surface area contributed by atoms with Crippen LogP contribution in [0.1, 0.15) is 31.7 Å². The minimum absolute atomic E-state index is 0.00776. The van der Waals surface area contributed by atoms with Crippen LogP contribution in [0.15, 0.2) is 52.0 Å². The van der Waals surface area contributed by atoms with E-state index in [1.54, 1.807) is 6.07 Å². The molecule has 0 aliphatic heterocycles. The quantitative estimate of drug-likeness (QED) is 0.421. The van der Waals surface area contributed by atoms with Crippen molar-refractivity contribution >= 4 is 10.1 Å². The van der Waals surface area contributed by atoms with Crippen LogP contribution in [0.2, 0.25) is 0 Å². The number of hydrogen-bond acceptors (Lipinski definition) is 9. The number of nitrogens with zero attached hydrogens (tertiary/aromatic N) is 4. The summed E-state index contributed by atoms with van der Waals surface area (Å²) in [6.45, 7) is 1.50. The predicted octanol–water partition coefficient (Wildman–Crippen LogP) is 2.38. The average Bonchev–Trinajstić information content (AvgIpc) is 3.16. The molecule has 3 rings (SSSR count). The molecule has 0 saturated carbocycles. The Morgan fingerprint density at radius 3 is 2.54 bits per heavy atom. The third-order valence-electron chi connectivity index (χ3n) is 3.68. The topological polar surface area (TPSA) is 138 Å². The van der Waals surface area contributed by atoms with Crippen LogP contribution in [-0.4, -0.2) is 28.5 Å². The molecule has 0 radical (unpaired) electrons. The Morgan fingerprint density at radius 2 is 2.00 bits per heavy atom. The molecule has 0 amide bonds. The van der Waals surface area contributed by atoms with Gasteiger partial charge in [0.2, 0.25) is 5.70 Å². The molecule has 2 heterocycles. The van der Waals surface area contributed by atoms with E-state index in [2.05, 4.69) is 15.1 Å². The number of allylic oxidation sites excluding steroid dienone is 4. The number of rotatable bonds is 6. The van der Waals surface area contributed by atoms with Crippen molar-refractivity contribution in [3.63, 3.8) is 0 Å². The molecule has 0 spiro atoms. The standard InChI is InChI=1S/C15H14N4O6S/c1-10(15-16-8-11(9-17-15)14-6-7-24-18-14)25-26(22,23)13-4-2-12(3-5-13)19(20)21/h2,4,6-10H,3,5H2,1H3/t10-/m1/s1. The summed E-state index contributed by atoms with van der Waals surface area (Å²) in [7, 11) is -4.05. The van der Waals surface area contributed by atoms with Crippen molar-refractivity contribution < 1.29 is 22.0 Å². The van der Waals surface area contributed by atoms with Crippen molar-refractivity contribution in [1.82, 2.24) is 15.1 Å². The summed E-state index contributed by atoms with van der Waals surface area (Å²) in [5.74, 6) is 0.179. The zero-order valence-corrected chi connectivity index (χ0v) is 14.4. The zero-order chi connectivity index (χ0) is 18.7. The van der Waals surface area contributed by atoms with Crippen LogP contribution in [0, 0.1) is 10.1 Å². The SMILES string of the molecule is C[C@@H](OS(=O)(=O)C1=CC=C([N+](=O)[O-])CC1)c1ncc(-c2ccon2)cn1. The minimum atomic E-state index is -4.05. The summed E-state index contributed by atoms with van der Waals surface area (Å²) in [6, 6.07) is 1.64. The Balaban J connectivity index is 1.73. The molecule has 1 aliphatic rings. The normalized spacial score (nSPS) is 15.9. The maximum atomic E-state index is 12.3. The second kappa shape index (κ2) is 7.14. The van der Waals surface area contributed by atoms with E-state index >= 15 is 0 Å². The predicted molar refractivity (Wildman–Crippen MR) is 88.3 cm³/mol. The van der Waals surface area contributed by atoms with E-state index in [1.807, 2.05) is 0 Å². The van der Waals surface area contributed by atoms with Gasteiger partial charge in [-0.25, -0.2) is 9.97 Å². The number of nitro groups is 1. The Kier molecular flexibility index (Phi) is 4.91. The van der Waals surface area contributed by atoms with Crippen molar-refractivity contribution in [2.24, 2.45) is 0 Å². The first-order valence-electron chi connectivity index (χ1n) is 7.57. The van der Waals surface area contributed by atoms with Crippen LogP contribution in [-0.2, 0) is 14.3 Å². The van der Waals surface area contributed by atoms with Gasteiger partial charge in [0.1, 0.15) is 18.1 Å². The van der Waals surface area contributed by atoms with Crippen molar-refractivity contribution in [2.45, 2.75) is 25.9 Å². The monoisotopic (exact) mass is 378 g/mol. The molecule has 2 aromatic heterocycles. The van der Waals surface area contributed by atoms with Crippen molar-refractivity contribution in [2.75, 3.05) is 0 Å². The molecule has 0 bridgehead atoms. The first kappa shape index (κ1) is 17.9. The Labute approximate surface area is 148 Å². The van der Waals surface area contributed by atoms with Gasteiger partial charge in [0.25, 0.3) is 10.1 Å². The van der Waals surface area contributed by atoms with Crippen molar-refractivity contribution in [3.8, 4) is 11.3 Å². The lowest BCUT2D eigenvalue weighted by atomic mass is 10.1. The smallest absolute Gasteiger partial charge is 0.293 e. The maximum absolute atomic E-state index is 12.3. The molecule has 0 N–H and O–H groups in total. The van der Waals surface area contributed by atoms with Crippen LogP contribution in [0.4, 0.5) is 0 Å².